The van der Waals surface area contributed by atoms with Crippen molar-refractivity contribution in [2.45, 2.75) is 40.0 Å². The summed E-state index contributed by atoms with van der Waals surface area (Å²) in [5.41, 5.74) is 2.56. The van der Waals surface area contributed by atoms with Crippen molar-refractivity contribution >= 4 is 0 Å². The van der Waals surface area contributed by atoms with Crippen LogP contribution < -0.4 is 5.32 Å². The second-order valence-corrected chi connectivity index (χ2v) is 5.09. The summed E-state index contributed by atoms with van der Waals surface area (Å²) in [6.45, 7) is 9.48. The lowest BCUT2D eigenvalue weighted by Crippen LogP contribution is -2.37. The van der Waals surface area contributed by atoms with E-state index in [2.05, 4.69) is 43.4 Å². The smallest absolute Gasteiger partial charge is 0.0719 e. The molecular weight excluding hydrogens is 238 g/mol. The molecule has 1 rings (SSSR count). The predicted molar refractivity (Wildman–Crippen MR) is 79.1 cm³/mol. The van der Waals surface area contributed by atoms with Crippen molar-refractivity contribution in [3.8, 4) is 0 Å². The van der Waals surface area contributed by atoms with E-state index in [0.717, 1.165) is 19.8 Å². The fraction of sp³-hybridized carbons (Fsp3) is 0.625. The Hall–Kier alpha value is -0.900. The first-order valence-corrected chi connectivity index (χ1v) is 7.05. The van der Waals surface area contributed by atoms with Crippen LogP contribution in [0, 0.1) is 5.92 Å². The molecule has 0 heterocycles. The average Bonchev–Trinajstić information content (AvgIpc) is 2.41. The minimum Gasteiger partial charge on any atom is -0.383 e. The molecule has 1 unspecified atom stereocenters. The highest BCUT2D eigenvalue weighted by Gasteiger charge is 2.13. The van der Waals surface area contributed by atoms with Gasteiger partial charge < -0.3 is 14.8 Å². The van der Waals surface area contributed by atoms with Crippen molar-refractivity contribution in [3.63, 3.8) is 0 Å². The minimum atomic E-state index is 0.380. The van der Waals surface area contributed by atoms with Crippen LogP contribution in [0.25, 0.3) is 0 Å². The summed E-state index contributed by atoms with van der Waals surface area (Å²) >= 11 is 0. The van der Waals surface area contributed by atoms with E-state index >= 15 is 0 Å². The molecule has 0 amide bonds. The Bertz CT molecular complexity index is 352. The molecule has 1 aromatic rings. The lowest BCUT2D eigenvalue weighted by molar-refractivity contribution is 0.132. The molecule has 0 saturated heterocycles. The quantitative estimate of drug-likeness (QED) is 0.744. The summed E-state index contributed by atoms with van der Waals surface area (Å²) in [6, 6.07) is 8.81. The van der Waals surface area contributed by atoms with E-state index in [9.17, 15) is 0 Å². The van der Waals surface area contributed by atoms with E-state index in [1.807, 2.05) is 6.92 Å². The lowest BCUT2D eigenvalue weighted by Gasteiger charge is -2.22. The Morgan fingerprint density at radius 1 is 1.16 bits per heavy atom. The molecule has 108 valence electrons. The van der Waals surface area contributed by atoms with Gasteiger partial charge in [-0.25, -0.2) is 0 Å². The number of nitrogens with one attached hydrogen (secondary N) is 1. The zero-order valence-electron chi connectivity index (χ0n) is 12.6. The molecule has 0 spiro atoms. The first-order valence-electron chi connectivity index (χ1n) is 7.05. The first kappa shape index (κ1) is 16.2. The van der Waals surface area contributed by atoms with Crippen LogP contribution in [0.15, 0.2) is 24.3 Å². The van der Waals surface area contributed by atoms with E-state index in [1.165, 1.54) is 11.1 Å². The van der Waals surface area contributed by atoms with E-state index in [-0.39, 0.29) is 0 Å². The van der Waals surface area contributed by atoms with Gasteiger partial charge in [0.05, 0.1) is 13.2 Å². The minimum absolute atomic E-state index is 0.380. The Kier molecular flexibility index (Phi) is 7.72. The molecular formula is C16H27NO2. The Morgan fingerprint density at radius 3 is 2.42 bits per heavy atom. The third kappa shape index (κ3) is 5.72. The van der Waals surface area contributed by atoms with Crippen LogP contribution in [0.1, 0.15) is 31.9 Å². The van der Waals surface area contributed by atoms with E-state index < -0.39 is 0 Å². The second kappa shape index (κ2) is 9.08. The van der Waals surface area contributed by atoms with Crippen LogP contribution in [0.2, 0.25) is 0 Å². The highest BCUT2D eigenvalue weighted by atomic mass is 16.5. The van der Waals surface area contributed by atoms with Gasteiger partial charge in [0.15, 0.2) is 0 Å². The van der Waals surface area contributed by atoms with Crippen molar-refractivity contribution in [1.82, 2.24) is 5.32 Å². The van der Waals surface area contributed by atoms with Gasteiger partial charge in [0.2, 0.25) is 0 Å². The molecule has 0 aliphatic carbocycles. The molecule has 1 aromatic carbocycles. The molecule has 0 fully saturated rings. The lowest BCUT2D eigenvalue weighted by atomic mass is 10.0. The van der Waals surface area contributed by atoms with Gasteiger partial charge in [-0.15, -0.1) is 0 Å². The molecule has 3 nitrogen and oxygen atoms in total. The molecule has 1 atom stereocenters. The molecule has 0 radical (unpaired) electrons. The highest BCUT2D eigenvalue weighted by Crippen LogP contribution is 2.11. The summed E-state index contributed by atoms with van der Waals surface area (Å²) in [5, 5.41) is 3.57. The van der Waals surface area contributed by atoms with Gasteiger partial charge in [0.25, 0.3) is 0 Å². The number of benzene rings is 1. The van der Waals surface area contributed by atoms with Crippen molar-refractivity contribution in [2.75, 3.05) is 20.3 Å². The monoisotopic (exact) mass is 265 g/mol. The summed E-state index contributed by atoms with van der Waals surface area (Å²) in [5.74, 6) is 0.555. The number of rotatable bonds is 9. The molecule has 0 saturated carbocycles. The van der Waals surface area contributed by atoms with Gasteiger partial charge in [-0.3, -0.25) is 0 Å². The van der Waals surface area contributed by atoms with Gasteiger partial charge in [-0.1, -0.05) is 38.1 Å². The Morgan fingerprint density at radius 2 is 1.84 bits per heavy atom. The number of methoxy groups -OCH3 is 1. The maximum absolute atomic E-state index is 5.51. The largest absolute Gasteiger partial charge is 0.383 e. The number of ether oxygens (including phenoxy) is 2. The summed E-state index contributed by atoms with van der Waals surface area (Å²) < 4.78 is 10.8. The third-order valence-corrected chi connectivity index (χ3v) is 3.29. The fourth-order valence-electron chi connectivity index (χ4n) is 1.99. The standard InChI is InChI=1S/C16H27NO2/c1-5-19-11-15-9-7-6-8-14(15)10-17-16(12-18-4)13(2)3/h6-9,13,16-17H,5,10-12H2,1-4H3. The van der Waals surface area contributed by atoms with Crippen LogP contribution in [0.4, 0.5) is 0 Å². The SMILES string of the molecule is CCOCc1ccccc1CNC(COC)C(C)C. The van der Waals surface area contributed by atoms with Crippen LogP contribution in [0.5, 0.6) is 0 Å². The third-order valence-electron chi connectivity index (χ3n) is 3.29. The van der Waals surface area contributed by atoms with Crippen LogP contribution in [-0.4, -0.2) is 26.4 Å². The molecule has 0 aliphatic rings. The average molecular weight is 265 g/mol. The Labute approximate surface area is 117 Å². The van der Waals surface area contributed by atoms with Gasteiger partial charge in [-0.2, -0.15) is 0 Å². The molecule has 0 aromatic heterocycles. The fourth-order valence-corrected chi connectivity index (χ4v) is 1.99. The maximum atomic E-state index is 5.51. The van der Waals surface area contributed by atoms with Gasteiger partial charge in [0, 0.05) is 26.3 Å². The van der Waals surface area contributed by atoms with E-state index in [1.54, 1.807) is 7.11 Å². The summed E-state index contributed by atoms with van der Waals surface area (Å²) in [7, 11) is 1.75. The van der Waals surface area contributed by atoms with Crippen molar-refractivity contribution in [3.05, 3.63) is 35.4 Å². The molecule has 3 heteroatoms. The summed E-state index contributed by atoms with van der Waals surface area (Å²) in [4.78, 5) is 0. The zero-order valence-corrected chi connectivity index (χ0v) is 12.6. The Balaban J connectivity index is 2.60. The van der Waals surface area contributed by atoms with Crippen LogP contribution in [-0.2, 0) is 22.6 Å². The first-order chi connectivity index (χ1) is 9.19. The van der Waals surface area contributed by atoms with Gasteiger partial charge in [0.1, 0.15) is 0 Å². The van der Waals surface area contributed by atoms with Crippen molar-refractivity contribution in [1.29, 1.82) is 0 Å². The predicted octanol–water partition coefficient (Wildman–Crippen LogP) is 2.98. The van der Waals surface area contributed by atoms with Crippen molar-refractivity contribution < 1.29 is 9.47 Å². The highest BCUT2D eigenvalue weighted by molar-refractivity contribution is 5.26. The maximum Gasteiger partial charge on any atom is 0.0719 e. The van der Waals surface area contributed by atoms with E-state index in [0.29, 0.717) is 18.6 Å². The molecule has 0 aliphatic heterocycles. The zero-order chi connectivity index (χ0) is 14.1. The van der Waals surface area contributed by atoms with Crippen molar-refractivity contribution in [2.24, 2.45) is 5.92 Å². The molecule has 1 N–H and O–H groups in total. The molecule has 19 heavy (non-hydrogen) atoms. The van der Waals surface area contributed by atoms with Gasteiger partial charge >= 0.3 is 0 Å². The van der Waals surface area contributed by atoms with Crippen LogP contribution >= 0.6 is 0 Å². The normalized spacial score (nSPS) is 12.9. The number of hydrogen-bond donors (Lipinski definition) is 1. The van der Waals surface area contributed by atoms with Crippen LogP contribution in [0.3, 0.4) is 0 Å². The topological polar surface area (TPSA) is 30.5 Å². The number of hydrogen-bond acceptors (Lipinski definition) is 3. The summed E-state index contributed by atoms with van der Waals surface area (Å²) in [6.07, 6.45) is 0. The van der Waals surface area contributed by atoms with Gasteiger partial charge in [-0.05, 0) is 24.0 Å². The van der Waals surface area contributed by atoms with E-state index in [4.69, 9.17) is 9.47 Å². The molecule has 0 bridgehead atoms. The second-order valence-electron chi connectivity index (χ2n) is 5.09.